The van der Waals surface area contributed by atoms with Crippen molar-refractivity contribution in [1.82, 2.24) is 10.2 Å². The average molecular weight is 140 g/mol. The highest BCUT2D eigenvalue weighted by molar-refractivity contribution is 5.04. The van der Waals surface area contributed by atoms with Crippen molar-refractivity contribution in [3.05, 3.63) is 0 Å². The Hall–Kier alpha value is -0.0800. The first kappa shape index (κ1) is 6.62. The fraction of sp³-hybridized carbons (Fsp3) is 1.00. The number of nitrogens with one attached hydrogen (secondary N) is 1. The minimum absolute atomic E-state index is 0.907. The van der Waals surface area contributed by atoms with Gasteiger partial charge in [0.15, 0.2) is 0 Å². The predicted molar refractivity (Wildman–Crippen MR) is 41.9 cm³/mol. The van der Waals surface area contributed by atoms with Crippen LogP contribution in [0.2, 0.25) is 0 Å². The Morgan fingerprint density at radius 1 is 1.50 bits per heavy atom. The first-order valence-corrected chi connectivity index (χ1v) is 4.15. The van der Waals surface area contributed by atoms with E-state index in [0.29, 0.717) is 0 Å². The molecule has 1 saturated heterocycles. The summed E-state index contributed by atoms with van der Waals surface area (Å²) in [6.45, 7) is 2.53. The van der Waals surface area contributed by atoms with Crippen LogP contribution in [-0.4, -0.2) is 38.1 Å². The smallest absolute Gasteiger partial charge is 0.0103 e. The zero-order valence-electron chi connectivity index (χ0n) is 6.80. The van der Waals surface area contributed by atoms with Gasteiger partial charge in [-0.15, -0.1) is 0 Å². The summed E-state index contributed by atoms with van der Waals surface area (Å²) in [5.41, 5.74) is 0. The maximum absolute atomic E-state index is 3.52. The predicted octanol–water partition coefficient (Wildman–Crippen LogP) is 0.156. The summed E-state index contributed by atoms with van der Waals surface area (Å²) in [6.07, 6.45) is 1.44. The van der Waals surface area contributed by atoms with E-state index in [0.717, 1.165) is 17.9 Å². The van der Waals surface area contributed by atoms with E-state index in [1.54, 1.807) is 0 Å². The van der Waals surface area contributed by atoms with Crippen molar-refractivity contribution < 1.29 is 0 Å². The summed E-state index contributed by atoms with van der Waals surface area (Å²) in [7, 11) is 4.32. The van der Waals surface area contributed by atoms with Gasteiger partial charge in [-0.25, -0.2) is 0 Å². The summed E-state index contributed by atoms with van der Waals surface area (Å²) in [5.74, 6) is 1.97. The Morgan fingerprint density at radius 3 is 2.70 bits per heavy atom. The normalized spacial score (nSPS) is 44.1. The van der Waals surface area contributed by atoms with E-state index >= 15 is 0 Å². The lowest BCUT2D eigenvalue weighted by molar-refractivity contribution is 0.317. The molecule has 1 N–H and O–H groups in total. The van der Waals surface area contributed by atoms with E-state index in [2.05, 4.69) is 24.3 Å². The lowest BCUT2D eigenvalue weighted by Gasteiger charge is -2.16. The molecular formula is C8H16N2. The summed E-state index contributed by atoms with van der Waals surface area (Å²) < 4.78 is 0. The Morgan fingerprint density at radius 2 is 2.30 bits per heavy atom. The summed E-state index contributed by atoms with van der Waals surface area (Å²) >= 11 is 0. The molecule has 3 atom stereocenters. The molecule has 0 spiro atoms. The van der Waals surface area contributed by atoms with E-state index in [-0.39, 0.29) is 0 Å². The highest BCUT2D eigenvalue weighted by Crippen LogP contribution is 2.42. The summed E-state index contributed by atoms with van der Waals surface area (Å²) in [5, 5.41) is 3.52. The van der Waals surface area contributed by atoms with Crippen LogP contribution >= 0.6 is 0 Å². The quantitative estimate of drug-likeness (QED) is 0.587. The van der Waals surface area contributed by atoms with E-state index in [1.807, 2.05) is 0 Å². The Balaban J connectivity index is 1.82. The molecule has 0 bridgehead atoms. The van der Waals surface area contributed by atoms with Gasteiger partial charge >= 0.3 is 0 Å². The second-order valence-corrected chi connectivity index (χ2v) is 3.94. The number of fused-ring (bicyclic) bond motifs is 1. The van der Waals surface area contributed by atoms with Crippen LogP contribution < -0.4 is 5.32 Å². The minimum Gasteiger partial charge on any atom is -0.313 e. The minimum atomic E-state index is 0.907. The molecule has 2 fully saturated rings. The number of rotatable bonds is 2. The molecule has 0 aromatic rings. The van der Waals surface area contributed by atoms with Crippen molar-refractivity contribution >= 4 is 0 Å². The third kappa shape index (κ3) is 1.06. The molecule has 0 aromatic carbocycles. The van der Waals surface area contributed by atoms with Crippen LogP contribution in [0, 0.1) is 11.8 Å². The van der Waals surface area contributed by atoms with Crippen LogP contribution in [0.25, 0.3) is 0 Å². The Kier molecular flexibility index (Phi) is 1.46. The molecule has 0 aromatic heterocycles. The molecule has 58 valence electrons. The maximum atomic E-state index is 3.52. The lowest BCUT2D eigenvalue weighted by Crippen LogP contribution is -2.26. The number of hydrogen-bond acceptors (Lipinski definition) is 2. The van der Waals surface area contributed by atoms with Crippen molar-refractivity contribution in [2.75, 3.05) is 27.2 Å². The SMILES string of the molecule is CN(C)CC1CNC2CC12. The van der Waals surface area contributed by atoms with E-state index in [1.165, 1.54) is 19.5 Å². The second kappa shape index (κ2) is 2.21. The molecule has 3 unspecified atom stereocenters. The molecule has 0 radical (unpaired) electrons. The fourth-order valence-electron chi connectivity index (χ4n) is 2.09. The van der Waals surface area contributed by atoms with Crippen molar-refractivity contribution in [2.24, 2.45) is 11.8 Å². The first-order chi connectivity index (χ1) is 4.77. The van der Waals surface area contributed by atoms with Crippen LogP contribution in [0.1, 0.15) is 6.42 Å². The maximum Gasteiger partial charge on any atom is 0.0103 e. The van der Waals surface area contributed by atoms with E-state index in [9.17, 15) is 0 Å². The lowest BCUT2D eigenvalue weighted by atomic mass is 10.1. The third-order valence-electron chi connectivity index (χ3n) is 2.69. The van der Waals surface area contributed by atoms with Crippen molar-refractivity contribution in [3.8, 4) is 0 Å². The monoisotopic (exact) mass is 140 g/mol. The van der Waals surface area contributed by atoms with Gasteiger partial charge in [0.2, 0.25) is 0 Å². The molecule has 2 rings (SSSR count). The summed E-state index contributed by atoms with van der Waals surface area (Å²) in [4.78, 5) is 2.30. The van der Waals surface area contributed by atoms with Crippen LogP contribution in [0.4, 0.5) is 0 Å². The number of hydrogen-bond donors (Lipinski definition) is 1. The molecule has 0 amide bonds. The van der Waals surface area contributed by atoms with E-state index in [4.69, 9.17) is 0 Å². The molecule has 2 heteroatoms. The van der Waals surface area contributed by atoms with Crippen molar-refractivity contribution in [2.45, 2.75) is 12.5 Å². The molecule has 1 saturated carbocycles. The summed E-state index contributed by atoms with van der Waals surface area (Å²) in [6, 6.07) is 0.907. The standard InChI is InChI=1S/C8H16N2/c1-10(2)5-6-4-9-8-3-7(6)8/h6-9H,3-5H2,1-2H3. The highest BCUT2D eigenvalue weighted by atomic mass is 15.1. The largest absolute Gasteiger partial charge is 0.313 e. The van der Waals surface area contributed by atoms with Gasteiger partial charge in [-0.1, -0.05) is 0 Å². The van der Waals surface area contributed by atoms with Crippen LogP contribution in [0.15, 0.2) is 0 Å². The number of piperidine rings is 1. The van der Waals surface area contributed by atoms with Gasteiger partial charge in [-0.05, 0) is 38.9 Å². The zero-order valence-corrected chi connectivity index (χ0v) is 6.80. The van der Waals surface area contributed by atoms with Gasteiger partial charge in [0.25, 0.3) is 0 Å². The average Bonchev–Trinajstić information content (AvgIpc) is 2.52. The second-order valence-electron chi connectivity index (χ2n) is 3.94. The van der Waals surface area contributed by atoms with Gasteiger partial charge in [-0.3, -0.25) is 0 Å². The topological polar surface area (TPSA) is 15.3 Å². The van der Waals surface area contributed by atoms with Crippen LogP contribution in [-0.2, 0) is 0 Å². The van der Waals surface area contributed by atoms with Crippen LogP contribution in [0.5, 0.6) is 0 Å². The van der Waals surface area contributed by atoms with Gasteiger partial charge in [-0.2, -0.15) is 0 Å². The van der Waals surface area contributed by atoms with Gasteiger partial charge in [0.05, 0.1) is 0 Å². The van der Waals surface area contributed by atoms with Gasteiger partial charge in [0, 0.05) is 12.6 Å². The zero-order chi connectivity index (χ0) is 7.14. The molecule has 2 aliphatic rings. The highest BCUT2D eigenvalue weighted by Gasteiger charge is 2.47. The molecule has 1 aliphatic carbocycles. The van der Waals surface area contributed by atoms with Crippen molar-refractivity contribution in [3.63, 3.8) is 0 Å². The fourth-order valence-corrected chi connectivity index (χ4v) is 2.09. The Bertz CT molecular complexity index is 133. The molecule has 10 heavy (non-hydrogen) atoms. The molecule has 1 aliphatic heterocycles. The van der Waals surface area contributed by atoms with E-state index < -0.39 is 0 Å². The number of nitrogens with zero attached hydrogens (tertiary/aromatic N) is 1. The van der Waals surface area contributed by atoms with Gasteiger partial charge in [0.1, 0.15) is 0 Å². The molecule has 2 nitrogen and oxygen atoms in total. The van der Waals surface area contributed by atoms with Gasteiger partial charge < -0.3 is 10.2 Å². The van der Waals surface area contributed by atoms with Crippen LogP contribution in [0.3, 0.4) is 0 Å². The Labute approximate surface area is 62.6 Å². The molecule has 1 heterocycles. The third-order valence-corrected chi connectivity index (χ3v) is 2.69. The van der Waals surface area contributed by atoms with Crippen molar-refractivity contribution in [1.29, 1.82) is 0 Å². The first-order valence-electron chi connectivity index (χ1n) is 4.15. The molecular weight excluding hydrogens is 124 g/mol.